The first kappa shape index (κ1) is 49.8. The Morgan fingerprint density at radius 3 is 1.30 bits per heavy atom. The quantitative estimate of drug-likeness (QED) is 0.0632. The lowest BCUT2D eigenvalue weighted by Gasteiger charge is -2.30. The summed E-state index contributed by atoms with van der Waals surface area (Å²) in [6, 6.07) is 31.2. The van der Waals surface area contributed by atoms with Gasteiger partial charge in [-0.1, -0.05) is 97.1 Å². The van der Waals surface area contributed by atoms with Crippen LogP contribution in [0.3, 0.4) is 0 Å². The molecule has 2 heterocycles. The summed E-state index contributed by atoms with van der Waals surface area (Å²) in [6.07, 6.45) is 8.22. The van der Waals surface area contributed by atoms with E-state index in [1.807, 2.05) is 151 Å². The number of hydrogen-bond acceptors (Lipinski definition) is 10. The van der Waals surface area contributed by atoms with Crippen molar-refractivity contribution in [3.63, 3.8) is 0 Å². The summed E-state index contributed by atoms with van der Waals surface area (Å²) in [5.41, 5.74) is 2.71. The summed E-state index contributed by atoms with van der Waals surface area (Å²) >= 11 is 0. The minimum atomic E-state index is -2.11. The fraction of sp³-hybridized carbons (Fsp3) is 0.481. The van der Waals surface area contributed by atoms with Crippen molar-refractivity contribution in [3.05, 3.63) is 144 Å². The zero-order chi connectivity index (χ0) is 47.6. The summed E-state index contributed by atoms with van der Waals surface area (Å²) in [6.45, 7) is 14.7. The standard InChI is InChI=1S/2C27H35O5P/c2*1-27(2,32-19-10-6-5-7-11-19)24(29)14-13-20-22(28)17-23-25(20)21-12-8-9-18(26(21)31-23)15-16-33(3,4)30/h2*5-14,20,22-25,28-29H,15-17H2,1-4H3/b2*14-13+/t20-,22+,23-,24+,25-;20-,22+,23-,24-,25-/m00/s1. The minimum Gasteiger partial charge on any atom is -0.489 e. The number of fused-ring (bicyclic) bond motifs is 6. The number of rotatable bonds is 16. The van der Waals surface area contributed by atoms with Crippen molar-refractivity contribution in [2.75, 3.05) is 39.0 Å². The van der Waals surface area contributed by atoms with Gasteiger partial charge in [0, 0.05) is 60.0 Å². The molecule has 8 rings (SSSR count). The van der Waals surface area contributed by atoms with Crippen LogP contribution in [-0.2, 0) is 22.0 Å². The molecule has 4 aliphatic rings. The molecule has 0 unspecified atom stereocenters. The van der Waals surface area contributed by atoms with Gasteiger partial charge >= 0.3 is 0 Å². The number of para-hydroxylation sites is 4. The van der Waals surface area contributed by atoms with E-state index in [1.54, 1.807) is 12.2 Å². The predicted octanol–water partition coefficient (Wildman–Crippen LogP) is 9.70. The first-order valence-corrected chi connectivity index (χ1v) is 28.9. The van der Waals surface area contributed by atoms with E-state index >= 15 is 0 Å². The average molecular weight is 941 g/mol. The van der Waals surface area contributed by atoms with Crippen molar-refractivity contribution in [2.24, 2.45) is 11.8 Å². The van der Waals surface area contributed by atoms with Crippen LogP contribution in [0.1, 0.15) is 74.6 Å². The van der Waals surface area contributed by atoms with E-state index in [9.17, 15) is 29.6 Å². The molecule has 4 N–H and O–H groups in total. The van der Waals surface area contributed by atoms with Gasteiger partial charge in [0.1, 0.15) is 58.6 Å². The van der Waals surface area contributed by atoms with Crippen LogP contribution in [0.5, 0.6) is 23.0 Å². The van der Waals surface area contributed by atoms with Crippen LogP contribution in [0.4, 0.5) is 0 Å². The topological polar surface area (TPSA) is 152 Å². The Kier molecular flexibility index (Phi) is 15.2. The third-order valence-electron chi connectivity index (χ3n) is 13.5. The lowest BCUT2D eigenvalue weighted by Crippen LogP contribution is -2.41. The Hall–Kier alpha value is -4.14. The molecular formula is C54H70O10P2. The van der Waals surface area contributed by atoms with Crippen LogP contribution in [-0.4, -0.2) is 107 Å². The maximum absolute atomic E-state index is 12.2. The highest BCUT2D eigenvalue weighted by molar-refractivity contribution is 7.62. The molecule has 2 saturated carbocycles. The highest BCUT2D eigenvalue weighted by Gasteiger charge is 2.50. The number of aliphatic hydroxyl groups excluding tert-OH is 4. The smallest absolute Gasteiger partial charge is 0.133 e. The Morgan fingerprint density at radius 1 is 0.591 bits per heavy atom. The number of benzene rings is 4. The molecule has 0 bridgehead atoms. The Morgan fingerprint density at radius 2 is 0.955 bits per heavy atom. The van der Waals surface area contributed by atoms with Crippen LogP contribution in [0, 0.1) is 11.8 Å². The molecule has 2 fully saturated rings. The summed E-state index contributed by atoms with van der Waals surface area (Å²) in [5, 5.41) is 43.3. The number of ether oxygens (including phenoxy) is 4. The van der Waals surface area contributed by atoms with Crippen molar-refractivity contribution in [2.45, 2.75) is 113 Å². The van der Waals surface area contributed by atoms with Crippen LogP contribution in [0.2, 0.25) is 0 Å². The second-order valence-electron chi connectivity index (χ2n) is 20.6. The van der Waals surface area contributed by atoms with Crippen LogP contribution < -0.4 is 18.9 Å². The molecule has 0 saturated heterocycles. The van der Waals surface area contributed by atoms with E-state index in [-0.39, 0.29) is 35.9 Å². The fourth-order valence-corrected chi connectivity index (χ4v) is 11.3. The van der Waals surface area contributed by atoms with Crippen molar-refractivity contribution < 1.29 is 48.5 Å². The van der Waals surface area contributed by atoms with E-state index in [0.717, 1.165) is 46.6 Å². The highest BCUT2D eigenvalue weighted by atomic mass is 31.2. The SMILES string of the molecule is CC(C)(Oc1ccccc1)[C@@H](O)/C=C/[C@@H]1[C@H]2c3cccc(CCP(C)(C)=O)c3O[C@H]2C[C@H]1O.CC(C)(Oc1ccccc1)[C@H](O)/C=C/[C@@H]1[C@H]2c3cccc(CCP(C)(C)=O)c3O[C@H]2C[C@H]1O. The average Bonchev–Trinajstić information content (AvgIpc) is 3.97. The molecule has 10 atom stereocenters. The number of aliphatic hydroxyl groups is 4. The molecule has 2 aliphatic carbocycles. The van der Waals surface area contributed by atoms with E-state index in [0.29, 0.717) is 36.7 Å². The van der Waals surface area contributed by atoms with Gasteiger partial charge in [-0.05, 0) is 103 Å². The fourth-order valence-electron chi connectivity index (χ4n) is 9.75. The summed E-state index contributed by atoms with van der Waals surface area (Å²) in [5.74, 6) is 2.93. The monoisotopic (exact) mass is 940 g/mol. The molecule has 4 aromatic rings. The Bertz CT molecular complexity index is 2250. The second kappa shape index (κ2) is 20.2. The van der Waals surface area contributed by atoms with Crippen molar-refractivity contribution in [1.82, 2.24) is 0 Å². The third-order valence-corrected chi connectivity index (χ3v) is 16.1. The van der Waals surface area contributed by atoms with Crippen molar-refractivity contribution >= 4 is 14.3 Å². The molecule has 10 nitrogen and oxygen atoms in total. The van der Waals surface area contributed by atoms with Gasteiger partial charge in [-0.2, -0.15) is 0 Å². The molecule has 0 amide bonds. The molecule has 0 spiro atoms. The van der Waals surface area contributed by atoms with Gasteiger partial charge in [-0.15, -0.1) is 0 Å². The molecule has 0 aromatic heterocycles. The van der Waals surface area contributed by atoms with Gasteiger partial charge in [-0.3, -0.25) is 0 Å². The molecule has 2 aliphatic heterocycles. The van der Waals surface area contributed by atoms with Gasteiger partial charge in [0.05, 0.1) is 26.5 Å². The van der Waals surface area contributed by atoms with Crippen molar-refractivity contribution in [3.8, 4) is 23.0 Å². The second-order valence-corrected chi connectivity index (χ2v) is 27.8. The zero-order valence-electron chi connectivity index (χ0n) is 39.7. The van der Waals surface area contributed by atoms with Crippen molar-refractivity contribution in [1.29, 1.82) is 0 Å². The van der Waals surface area contributed by atoms with Gasteiger partial charge in [0.2, 0.25) is 0 Å². The maximum atomic E-state index is 12.2. The number of aryl methyl sites for hydroxylation is 2. The van der Waals surface area contributed by atoms with Gasteiger partial charge in [-0.25, -0.2) is 0 Å². The lowest BCUT2D eigenvalue weighted by molar-refractivity contribution is -0.00223. The maximum Gasteiger partial charge on any atom is 0.133 e. The van der Waals surface area contributed by atoms with Gasteiger partial charge in [0.25, 0.3) is 0 Å². The Labute approximate surface area is 391 Å². The van der Waals surface area contributed by atoms with E-state index in [1.165, 1.54) is 0 Å². The number of hydrogen-bond donors (Lipinski definition) is 4. The zero-order valence-corrected chi connectivity index (χ0v) is 41.5. The first-order valence-electron chi connectivity index (χ1n) is 23.3. The van der Waals surface area contributed by atoms with Gasteiger partial charge < -0.3 is 48.5 Å². The van der Waals surface area contributed by atoms with E-state index in [4.69, 9.17) is 18.9 Å². The van der Waals surface area contributed by atoms with E-state index in [2.05, 4.69) is 12.1 Å². The van der Waals surface area contributed by atoms with Crippen LogP contribution >= 0.6 is 14.3 Å². The summed E-state index contributed by atoms with van der Waals surface area (Å²) in [7, 11) is -4.22. The van der Waals surface area contributed by atoms with Gasteiger partial charge in [0.15, 0.2) is 0 Å². The Balaban J connectivity index is 0.000000196. The molecule has 4 aromatic carbocycles. The molecule has 12 heteroatoms. The van der Waals surface area contributed by atoms with E-state index < -0.39 is 49.9 Å². The first-order chi connectivity index (χ1) is 31.1. The molecule has 66 heavy (non-hydrogen) atoms. The van der Waals surface area contributed by atoms with Crippen LogP contribution in [0.25, 0.3) is 0 Å². The summed E-state index contributed by atoms with van der Waals surface area (Å²) < 4.78 is 49.0. The molecule has 0 radical (unpaired) electrons. The highest BCUT2D eigenvalue weighted by Crippen LogP contribution is 2.54. The lowest BCUT2D eigenvalue weighted by atomic mass is 9.86. The summed E-state index contributed by atoms with van der Waals surface area (Å²) in [4.78, 5) is 0. The third kappa shape index (κ3) is 11.9. The normalized spacial score (nSPS) is 25.5. The molecular weight excluding hydrogens is 871 g/mol. The van der Waals surface area contributed by atoms with Crippen LogP contribution in [0.15, 0.2) is 121 Å². The largest absolute Gasteiger partial charge is 0.489 e. The predicted molar refractivity (Wildman–Crippen MR) is 264 cm³/mol. The molecule has 356 valence electrons. The minimum absolute atomic E-state index is 0.0339.